The molecule has 1 heterocycles. The van der Waals surface area contributed by atoms with Crippen molar-refractivity contribution in [3.05, 3.63) is 39.8 Å². The minimum absolute atomic E-state index is 0.618. The number of halogens is 2. The Morgan fingerprint density at radius 1 is 1.47 bits per heavy atom. The van der Waals surface area contributed by atoms with Gasteiger partial charge in [0.25, 0.3) is 0 Å². The van der Waals surface area contributed by atoms with Gasteiger partial charge in [-0.2, -0.15) is 5.10 Å². The Hall–Kier alpha value is -1.07. The van der Waals surface area contributed by atoms with Crippen molar-refractivity contribution in [3.63, 3.8) is 0 Å². The molecule has 1 aromatic heterocycles. The van der Waals surface area contributed by atoms with Crippen LogP contribution in [0.1, 0.15) is 12.7 Å². The molecule has 2 rings (SSSR count). The number of rotatable bonds is 4. The first-order valence-electron chi connectivity index (χ1n) is 5.27. The third-order valence-corrected chi connectivity index (χ3v) is 3.78. The Balaban J connectivity index is 2.10. The molecule has 1 N–H and O–H groups in total. The maximum atomic E-state index is 6.01. The normalized spacial score (nSPS) is 10.5. The van der Waals surface area contributed by atoms with Crippen molar-refractivity contribution in [3.8, 4) is 0 Å². The summed E-state index contributed by atoms with van der Waals surface area (Å²) in [7, 11) is 0. The SMILES string of the molecule is CCn1ncnc1CNc1cccc(Cl)c1Br. The highest BCUT2D eigenvalue weighted by Crippen LogP contribution is 2.30. The van der Waals surface area contributed by atoms with Gasteiger partial charge in [0.05, 0.1) is 21.7 Å². The first kappa shape index (κ1) is 12.4. The predicted molar refractivity (Wildman–Crippen MR) is 72.2 cm³/mol. The van der Waals surface area contributed by atoms with Crippen molar-refractivity contribution >= 4 is 33.2 Å². The number of aryl methyl sites for hydroxylation is 1. The Kier molecular flexibility index (Phi) is 4.02. The molecule has 0 atom stereocenters. The monoisotopic (exact) mass is 314 g/mol. The smallest absolute Gasteiger partial charge is 0.146 e. The molecule has 0 saturated carbocycles. The number of hydrogen-bond acceptors (Lipinski definition) is 3. The minimum atomic E-state index is 0.618. The van der Waals surface area contributed by atoms with Gasteiger partial charge in [0.2, 0.25) is 0 Å². The van der Waals surface area contributed by atoms with Crippen molar-refractivity contribution in [2.45, 2.75) is 20.0 Å². The van der Waals surface area contributed by atoms with Crippen LogP contribution in [0.3, 0.4) is 0 Å². The van der Waals surface area contributed by atoms with E-state index in [1.54, 1.807) is 6.33 Å². The number of benzene rings is 1. The molecule has 0 amide bonds. The highest BCUT2D eigenvalue weighted by atomic mass is 79.9. The molecule has 0 aliphatic heterocycles. The van der Waals surface area contributed by atoms with Gasteiger partial charge in [0.15, 0.2) is 0 Å². The van der Waals surface area contributed by atoms with Crippen LogP contribution in [-0.4, -0.2) is 14.8 Å². The van der Waals surface area contributed by atoms with Gasteiger partial charge in [-0.15, -0.1) is 0 Å². The molecule has 4 nitrogen and oxygen atoms in total. The second kappa shape index (κ2) is 5.51. The topological polar surface area (TPSA) is 42.7 Å². The second-order valence-electron chi connectivity index (χ2n) is 3.45. The zero-order valence-electron chi connectivity index (χ0n) is 9.32. The molecule has 0 spiro atoms. The number of nitrogens with one attached hydrogen (secondary N) is 1. The van der Waals surface area contributed by atoms with Crippen LogP contribution in [0.15, 0.2) is 29.0 Å². The van der Waals surface area contributed by atoms with Gasteiger partial charge in [-0.3, -0.25) is 0 Å². The summed E-state index contributed by atoms with van der Waals surface area (Å²) >= 11 is 9.46. The van der Waals surface area contributed by atoms with E-state index in [0.29, 0.717) is 11.6 Å². The molecule has 0 unspecified atom stereocenters. The number of anilines is 1. The molecule has 0 aliphatic rings. The van der Waals surface area contributed by atoms with Crippen molar-refractivity contribution in [2.75, 3.05) is 5.32 Å². The largest absolute Gasteiger partial charge is 0.377 e. The van der Waals surface area contributed by atoms with Crippen LogP contribution in [0, 0.1) is 0 Å². The molecule has 90 valence electrons. The standard InChI is InChI=1S/C11H12BrClN4/c1-2-17-10(15-7-16-17)6-14-9-5-3-4-8(13)11(9)12/h3-5,7,14H,2,6H2,1H3. The predicted octanol–water partition coefficient (Wildman–Crippen LogP) is 3.33. The summed E-state index contributed by atoms with van der Waals surface area (Å²) < 4.78 is 2.72. The molecule has 0 radical (unpaired) electrons. The summed E-state index contributed by atoms with van der Waals surface area (Å²) in [6.07, 6.45) is 1.56. The summed E-state index contributed by atoms with van der Waals surface area (Å²) in [5.41, 5.74) is 0.947. The Labute approximate surface area is 113 Å². The molecular weight excluding hydrogens is 304 g/mol. The van der Waals surface area contributed by atoms with Gasteiger partial charge in [0.1, 0.15) is 12.2 Å². The molecule has 0 aliphatic carbocycles. The lowest BCUT2D eigenvalue weighted by atomic mass is 10.3. The lowest BCUT2D eigenvalue weighted by Gasteiger charge is -2.09. The molecule has 6 heteroatoms. The average molecular weight is 316 g/mol. The molecule has 0 bridgehead atoms. The highest BCUT2D eigenvalue weighted by Gasteiger charge is 2.06. The fourth-order valence-electron chi connectivity index (χ4n) is 1.50. The van der Waals surface area contributed by atoms with E-state index in [4.69, 9.17) is 11.6 Å². The molecule has 2 aromatic rings. The summed E-state index contributed by atoms with van der Waals surface area (Å²) in [6.45, 7) is 3.47. The zero-order valence-corrected chi connectivity index (χ0v) is 11.7. The van der Waals surface area contributed by atoms with Gasteiger partial charge in [-0.05, 0) is 35.0 Å². The Bertz CT molecular complexity index is 512. The van der Waals surface area contributed by atoms with Crippen LogP contribution in [0.25, 0.3) is 0 Å². The van der Waals surface area contributed by atoms with Gasteiger partial charge in [-0.1, -0.05) is 17.7 Å². The quantitative estimate of drug-likeness (QED) is 0.941. The zero-order chi connectivity index (χ0) is 12.3. The van der Waals surface area contributed by atoms with Gasteiger partial charge in [-0.25, -0.2) is 9.67 Å². The molecule has 17 heavy (non-hydrogen) atoms. The lowest BCUT2D eigenvalue weighted by molar-refractivity contribution is 0.622. The number of nitrogens with zero attached hydrogens (tertiary/aromatic N) is 3. The Morgan fingerprint density at radius 3 is 3.06 bits per heavy atom. The summed E-state index contributed by atoms with van der Waals surface area (Å²) in [5.74, 6) is 0.902. The van der Waals surface area contributed by atoms with Gasteiger partial charge >= 0.3 is 0 Å². The maximum absolute atomic E-state index is 6.01. The number of hydrogen-bond donors (Lipinski definition) is 1. The van der Waals surface area contributed by atoms with E-state index in [1.165, 1.54) is 0 Å². The first-order valence-corrected chi connectivity index (χ1v) is 6.44. The van der Waals surface area contributed by atoms with E-state index >= 15 is 0 Å². The fraction of sp³-hybridized carbons (Fsp3) is 0.273. The first-order chi connectivity index (χ1) is 8.22. The van der Waals surface area contributed by atoms with Crippen molar-refractivity contribution in [1.29, 1.82) is 0 Å². The van der Waals surface area contributed by atoms with Crippen LogP contribution in [-0.2, 0) is 13.1 Å². The minimum Gasteiger partial charge on any atom is -0.377 e. The van der Waals surface area contributed by atoms with Crippen LogP contribution in [0.2, 0.25) is 5.02 Å². The fourth-order valence-corrected chi connectivity index (χ4v) is 2.08. The van der Waals surface area contributed by atoms with E-state index in [2.05, 4.69) is 31.3 Å². The molecule has 0 fully saturated rings. The van der Waals surface area contributed by atoms with Gasteiger partial charge < -0.3 is 5.32 Å². The van der Waals surface area contributed by atoms with Crippen LogP contribution in [0.5, 0.6) is 0 Å². The average Bonchev–Trinajstić information content (AvgIpc) is 2.78. The van der Waals surface area contributed by atoms with E-state index in [1.807, 2.05) is 29.8 Å². The lowest BCUT2D eigenvalue weighted by Crippen LogP contribution is -2.09. The van der Waals surface area contributed by atoms with Crippen LogP contribution >= 0.6 is 27.5 Å². The summed E-state index contributed by atoms with van der Waals surface area (Å²) in [6, 6.07) is 5.70. The number of aromatic nitrogens is 3. The van der Waals surface area contributed by atoms with Crippen LogP contribution < -0.4 is 5.32 Å². The Morgan fingerprint density at radius 2 is 2.29 bits per heavy atom. The third kappa shape index (κ3) is 2.79. The van der Waals surface area contributed by atoms with E-state index < -0.39 is 0 Å². The van der Waals surface area contributed by atoms with E-state index in [9.17, 15) is 0 Å². The second-order valence-corrected chi connectivity index (χ2v) is 4.65. The molecular formula is C11H12BrClN4. The maximum Gasteiger partial charge on any atom is 0.146 e. The highest BCUT2D eigenvalue weighted by molar-refractivity contribution is 9.10. The van der Waals surface area contributed by atoms with Gasteiger partial charge in [0, 0.05) is 6.54 Å². The molecule has 0 saturated heterocycles. The van der Waals surface area contributed by atoms with Crippen molar-refractivity contribution in [1.82, 2.24) is 14.8 Å². The summed E-state index contributed by atoms with van der Waals surface area (Å²) in [4.78, 5) is 4.20. The molecule has 1 aromatic carbocycles. The van der Waals surface area contributed by atoms with Crippen molar-refractivity contribution < 1.29 is 0 Å². The van der Waals surface area contributed by atoms with Crippen LogP contribution in [0.4, 0.5) is 5.69 Å². The summed E-state index contributed by atoms with van der Waals surface area (Å²) in [5, 5.41) is 8.08. The van der Waals surface area contributed by atoms with E-state index in [0.717, 1.165) is 22.5 Å². The third-order valence-electron chi connectivity index (χ3n) is 2.38. The van der Waals surface area contributed by atoms with Crippen molar-refractivity contribution in [2.24, 2.45) is 0 Å². The van der Waals surface area contributed by atoms with E-state index in [-0.39, 0.29) is 0 Å².